The minimum Gasteiger partial charge on any atom is -0.369 e. The number of primary amides is 1. The van der Waals surface area contributed by atoms with Gasteiger partial charge in [0.15, 0.2) is 0 Å². The second-order valence-corrected chi connectivity index (χ2v) is 4.16. The molecule has 4 heteroatoms. The Morgan fingerprint density at radius 3 is 2.79 bits per heavy atom. The minimum atomic E-state index is -0.225. The molecular formula is C10H21N3O. The zero-order valence-electron chi connectivity index (χ0n) is 9.12. The van der Waals surface area contributed by atoms with Crippen molar-refractivity contribution >= 4 is 5.91 Å². The fourth-order valence-electron chi connectivity index (χ4n) is 2.16. The number of likely N-dealkylation sites (N-methyl/N-ethyl adjacent to an activating group) is 1. The molecule has 0 saturated carbocycles. The van der Waals surface area contributed by atoms with Crippen molar-refractivity contribution in [3.8, 4) is 0 Å². The zero-order valence-corrected chi connectivity index (χ0v) is 9.12. The molecule has 0 aromatic carbocycles. The van der Waals surface area contributed by atoms with Crippen molar-refractivity contribution in [1.82, 2.24) is 10.2 Å². The Morgan fingerprint density at radius 2 is 2.29 bits per heavy atom. The van der Waals surface area contributed by atoms with E-state index in [9.17, 15) is 4.79 Å². The Morgan fingerprint density at radius 1 is 1.57 bits per heavy atom. The maximum absolute atomic E-state index is 10.8. The number of nitrogens with two attached hydrogens (primary N) is 1. The number of likely N-dealkylation sites (tertiary alicyclic amines) is 1. The Kier molecular flexibility index (Phi) is 4.35. The molecule has 1 fully saturated rings. The van der Waals surface area contributed by atoms with Gasteiger partial charge in [0.1, 0.15) is 0 Å². The van der Waals surface area contributed by atoms with E-state index in [2.05, 4.69) is 17.1 Å². The summed E-state index contributed by atoms with van der Waals surface area (Å²) < 4.78 is 0. The molecule has 1 amide bonds. The van der Waals surface area contributed by atoms with Gasteiger partial charge >= 0.3 is 0 Å². The van der Waals surface area contributed by atoms with Crippen molar-refractivity contribution in [2.75, 3.05) is 26.7 Å². The van der Waals surface area contributed by atoms with Gasteiger partial charge in [0.05, 0.1) is 6.54 Å². The number of carbonyl (C=O) groups is 1. The first-order chi connectivity index (χ1) is 6.65. The average molecular weight is 199 g/mol. The summed E-state index contributed by atoms with van der Waals surface area (Å²) in [4.78, 5) is 13.0. The normalized spacial score (nSPS) is 29.0. The van der Waals surface area contributed by atoms with Crippen molar-refractivity contribution < 1.29 is 4.79 Å². The Labute approximate surface area is 85.8 Å². The Hall–Kier alpha value is -0.610. The Bertz CT molecular complexity index is 184. The molecule has 4 nitrogen and oxygen atoms in total. The smallest absolute Gasteiger partial charge is 0.231 e. The molecule has 2 unspecified atom stereocenters. The van der Waals surface area contributed by atoms with Gasteiger partial charge in [-0.2, -0.15) is 0 Å². The molecule has 0 bridgehead atoms. The largest absolute Gasteiger partial charge is 0.369 e. The van der Waals surface area contributed by atoms with Gasteiger partial charge in [-0.1, -0.05) is 13.3 Å². The minimum absolute atomic E-state index is 0.225. The van der Waals surface area contributed by atoms with E-state index in [1.807, 2.05) is 7.05 Å². The van der Waals surface area contributed by atoms with Crippen LogP contribution in [0.4, 0.5) is 0 Å². The third-order valence-corrected chi connectivity index (χ3v) is 2.98. The molecular weight excluding hydrogens is 178 g/mol. The van der Waals surface area contributed by atoms with Crippen molar-refractivity contribution in [2.24, 2.45) is 11.7 Å². The van der Waals surface area contributed by atoms with Gasteiger partial charge in [-0.25, -0.2) is 0 Å². The van der Waals surface area contributed by atoms with Crippen LogP contribution in [0.3, 0.4) is 0 Å². The van der Waals surface area contributed by atoms with Crippen LogP contribution in [-0.2, 0) is 4.79 Å². The molecule has 0 aliphatic carbocycles. The summed E-state index contributed by atoms with van der Waals surface area (Å²) >= 11 is 0. The molecule has 3 N–H and O–H groups in total. The number of rotatable bonds is 4. The number of nitrogens with one attached hydrogen (secondary N) is 1. The van der Waals surface area contributed by atoms with Gasteiger partial charge in [-0.05, 0) is 19.4 Å². The molecule has 14 heavy (non-hydrogen) atoms. The highest BCUT2D eigenvalue weighted by atomic mass is 16.1. The number of amides is 1. The first-order valence-electron chi connectivity index (χ1n) is 5.33. The zero-order chi connectivity index (χ0) is 10.6. The highest BCUT2D eigenvalue weighted by molar-refractivity contribution is 5.75. The van der Waals surface area contributed by atoms with E-state index < -0.39 is 0 Å². The van der Waals surface area contributed by atoms with Crippen LogP contribution < -0.4 is 11.1 Å². The summed E-state index contributed by atoms with van der Waals surface area (Å²) in [6, 6.07) is 0.507. The molecule has 82 valence electrons. The Balaban J connectivity index is 2.46. The van der Waals surface area contributed by atoms with Crippen LogP contribution in [0.1, 0.15) is 19.8 Å². The number of piperidine rings is 1. The van der Waals surface area contributed by atoms with Gasteiger partial charge in [-0.3, -0.25) is 9.69 Å². The maximum atomic E-state index is 10.8. The number of hydrogen-bond acceptors (Lipinski definition) is 3. The van der Waals surface area contributed by atoms with Gasteiger partial charge in [0, 0.05) is 19.1 Å². The van der Waals surface area contributed by atoms with Crippen LogP contribution in [0.25, 0.3) is 0 Å². The van der Waals surface area contributed by atoms with Gasteiger partial charge in [0.2, 0.25) is 5.91 Å². The third-order valence-electron chi connectivity index (χ3n) is 2.98. The first-order valence-corrected chi connectivity index (χ1v) is 5.33. The van der Waals surface area contributed by atoms with Crippen LogP contribution in [0.2, 0.25) is 0 Å². The van der Waals surface area contributed by atoms with E-state index in [1.54, 1.807) is 0 Å². The highest BCUT2D eigenvalue weighted by Crippen LogP contribution is 2.19. The maximum Gasteiger partial charge on any atom is 0.231 e. The van der Waals surface area contributed by atoms with Gasteiger partial charge < -0.3 is 11.1 Å². The van der Waals surface area contributed by atoms with Crippen molar-refractivity contribution in [3.05, 3.63) is 0 Å². The lowest BCUT2D eigenvalue weighted by molar-refractivity contribution is -0.119. The van der Waals surface area contributed by atoms with E-state index in [1.165, 1.54) is 12.8 Å². The van der Waals surface area contributed by atoms with Crippen LogP contribution >= 0.6 is 0 Å². The summed E-state index contributed by atoms with van der Waals surface area (Å²) in [5.74, 6) is 0.470. The van der Waals surface area contributed by atoms with Crippen LogP contribution in [-0.4, -0.2) is 43.5 Å². The molecule has 1 saturated heterocycles. The standard InChI is InChI=1S/C10H21N3O/c1-3-8-4-9(12-2)6-13(5-8)7-10(11)14/h8-9,12H,3-7H2,1-2H3,(H2,11,14). The fourth-order valence-corrected chi connectivity index (χ4v) is 2.16. The molecule has 1 aliphatic rings. The molecule has 0 radical (unpaired) electrons. The summed E-state index contributed by atoms with van der Waals surface area (Å²) in [6.07, 6.45) is 2.38. The highest BCUT2D eigenvalue weighted by Gasteiger charge is 2.25. The topological polar surface area (TPSA) is 58.4 Å². The molecule has 1 heterocycles. The van der Waals surface area contributed by atoms with E-state index >= 15 is 0 Å². The molecule has 0 aromatic heterocycles. The average Bonchev–Trinajstić information content (AvgIpc) is 2.16. The lowest BCUT2D eigenvalue weighted by atomic mass is 9.92. The van der Waals surface area contributed by atoms with E-state index in [-0.39, 0.29) is 5.91 Å². The first kappa shape index (κ1) is 11.5. The SMILES string of the molecule is CCC1CC(NC)CN(CC(N)=O)C1. The van der Waals surface area contributed by atoms with E-state index in [0.29, 0.717) is 18.5 Å². The second-order valence-electron chi connectivity index (χ2n) is 4.16. The van der Waals surface area contributed by atoms with Crippen LogP contribution in [0.15, 0.2) is 0 Å². The van der Waals surface area contributed by atoms with Crippen LogP contribution in [0, 0.1) is 5.92 Å². The fraction of sp³-hybridized carbons (Fsp3) is 0.900. The van der Waals surface area contributed by atoms with Gasteiger partial charge in [0.25, 0.3) is 0 Å². The molecule has 0 aromatic rings. The molecule has 0 spiro atoms. The number of carbonyl (C=O) groups excluding carboxylic acids is 1. The summed E-state index contributed by atoms with van der Waals surface area (Å²) in [5.41, 5.74) is 5.20. The second kappa shape index (κ2) is 5.32. The lowest BCUT2D eigenvalue weighted by Gasteiger charge is -2.36. The number of nitrogens with zero attached hydrogens (tertiary/aromatic N) is 1. The molecule has 2 atom stereocenters. The summed E-state index contributed by atoms with van der Waals surface area (Å²) in [7, 11) is 1.98. The number of hydrogen-bond donors (Lipinski definition) is 2. The van der Waals surface area contributed by atoms with Crippen LogP contribution in [0.5, 0.6) is 0 Å². The summed E-state index contributed by atoms with van der Waals surface area (Å²) in [5, 5.41) is 3.28. The van der Waals surface area contributed by atoms with Crippen molar-refractivity contribution in [1.29, 1.82) is 0 Å². The molecule has 1 aliphatic heterocycles. The predicted octanol–water partition coefficient (Wildman–Crippen LogP) is -0.208. The molecule has 1 rings (SSSR count). The lowest BCUT2D eigenvalue weighted by Crippen LogP contribution is -2.50. The van der Waals surface area contributed by atoms with E-state index in [0.717, 1.165) is 13.1 Å². The van der Waals surface area contributed by atoms with Gasteiger partial charge in [-0.15, -0.1) is 0 Å². The predicted molar refractivity (Wildman–Crippen MR) is 56.9 cm³/mol. The van der Waals surface area contributed by atoms with Crippen molar-refractivity contribution in [3.63, 3.8) is 0 Å². The monoisotopic (exact) mass is 199 g/mol. The quantitative estimate of drug-likeness (QED) is 0.659. The third kappa shape index (κ3) is 3.27. The van der Waals surface area contributed by atoms with E-state index in [4.69, 9.17) is 5.73 Å². The van der Waals surface area contributed by atoms with Crippen molar-refractivity contribution in [2.45, 2.75) is 25.8 Å². The summed E-state index contributed by atoms with van der Waals surface area (Å²) in [6.45, 7) is 4.55.